The summed E-state index contributed by atoms with van der Waals surface area (Å²) >= 11 is 0. The molecule has 7 heteroatoms. The number of carbonyl (C=O) groups is 1. The van der Waals surface area contributed by atoms with Crippen LogP contribution >= 0.6 is 12.4 Å². The molecule has 1 aliphatic carbocycles. The Morgan fingerprint density at radius 1 is 1.29 bits per heavy atom. The number of halogens is 1. The highest BCUT2D eigenvalue weighted by atomic mass is 35.5. The normalized spacial score (nSPS) is 22.0. The molecule has 6 nitrogen and oxygen atoms in total. The Bertz CT molecular complexity index is 788. The number of rotatable bonds is 6. The van der Waals surface area contributed by atoms with Crippen molar-refractivity contribution in [1.82, 2.24) is 20.4 Å². The van der Waals surface area contributed by atoms with Crippen LogP contribution in [0.3, 0.4) is 0 Å². The SMILES string of the molecule is Cl.Cn1cc([C@H]2CNC[C@@H]2C(=O)NCc2ccccc2OC2CCCC2)cn1. The summed E-state index contributed by atoms with van der Waals surface area (Å²) in [6.07, 6.45) is 8.92. The lowest BCUT2D eigenvalue weighted by Gasteiger charge is -2.19. The van der Waals surface area contributed by atoms with Gasteiger partial charge in [0.2, 0.25) is 5.91 Å². The van der Waals surface area contributed by atoms with Gasteiger partial charge in [0, 0.05) is 44.4 Å². The molecule has 2 aromatic rings. The second-order valence-electron chi connectivity index (χ2n) is 7.67. The summed E-state index contributed by atoms with van der Waals surface area (Å²) in [5.41, 5.74) is 2.16. The Morgan fingerprint density at radius 2 is 2.07 bits per heavy atom. The average Bonchev–Trinajstić information content (AvgIpc) is 3.42. The zero-order valence-corrected chi connectivity index (χ0v) is 17.1. The van der Waals surface area contributed by atoms with Crippen molar-refractivity contribution in [3.05, 3.63) is 47.8 Å². The molecule has 0 unspecified atom stereocenters. The Labute approximate surface area is 172 Å². The zero-order chi connectivity index (χ0) is 18.6. The van der Waals surface area contributed by atoms with Crippen LogP contribution in [-0.4, -0.2) is 34.9 Å². The third-order valence-corrected chi connectivity index (χ3v) is 5.73. The number of aromatic nitrogens is 2. The molecular weight excluding hydrogens is 376 g/mol. The average molecular weight is 405 g/mol. The molecular formula is C21H29ClN4O2. The van der Waals surface area contributed by atoms with Gasteiger partial charge in [-0.25, -0.2) is 0 Å². The van der Waals surface area contributed by atoms with Gasteiger partial charge in [-0.15, -0.1) is 12.4 Å². The molecule has 1 amide bonds. The highest BCUT2D eigenvalue weighted by Gasteiger charge is 2.34. The van der Waals surface area contributed by atoms with E-state index < -0.39 is 0 Å². The lowest BCUT2D eigenvalue weighted by molar-refractivity contribution is -0.125. The molecule has 28 heavy (non-hydrogen) atoms. The van der Waals surface area contributed by atoms with Gasteiger partial charge >= 0.3 is 0 Å². The van der Waals surface area contributed by atoms with Gasteiger partial charge in [0.1, 0.15) is 5.75 Å². The molecule has 2 atom stereocenters. The number of nitrogens with one attached hydrogen (secondary N) is 2. The summed E-state index contributed by atoms with van der Waals surface area (Å²) in [7, 11) is 1.90. The highest BCUT2D eigenvalue weighted by Crippen LogP contribution is 2.29. The van der Waals surface area contributed by atoms with Crippen molar-refractivity contribution in [2.24, 2.45) is 13.0 Å². The van der Waals surface area contributed by atoms with Crippen LogP contribution < -0.4 is 15.4 Å². The first kappa shape index (κ1) is 20.7. The quantitative estimate of drug-likeness (QED) is 0.776. The van der Waals surface area contributed by atoms with Crippen molar-refractivity contribution in [2.75, 3.05) is 13.1 Å². The fraction of sp³-hybridized carbons (Fsp3) is 0.524. The number of benzene rings is 1. The third-order valence-electron chi connectivity index (χ3n) is 5.73. The summed E-state index contributed by atoms with van der Waals surface area (Å²) in [6, 6.07) is 8.04. The van der Waals surface area contributed by atoms with E-state index in [4.69, 9.17) is 4.74 Å². The van der Waals surface area contributed by atoms with E-state index in [2.05, 4.69) is 15.7 Å². The van der Waals surface area contributed by atoms with E-state index >= 15 is 0 Å². The maximum absolute atomic E-state index is 12.8. The third kappa shape index (κ3) is 4.67. The summed E-state index contributed by atoms with van der Waals surface area (Å²) in [4.78, 5) is 12.8. The van der Waals surface area contributed by atoms with E-state index in [1.807, 2.05) is 43.7 Å². The Hall–Kier alpha value is -2.05. The summed E-state index contributed by atoms with van der Waals surface area (Å²) < 4.78 is 7.97. The number of nitrogens with zero attached hydrogens (tertiary/aromatic N) is 2. The molecule has 1 aliphatic heterocycles. The van der Waals surface area contributed by atoms with Gasteiger partial charge in [-0.2, -0.15) is 5.10 Å². The van der Waals surface area contributed by atoms with Crippen LogP contribution in [0.1, 0.15) is 42.7 Å². The van der Waals surface area contributed by atoms with Gasteiger partial charge in [0.05, 0.1) is 18.2 Å². The van der Waals surface area contributed by atoms with E-state index in [0.717, 1.165) is 36.3 Å². The minimum Gasteiger partial charge on any atom is -0.490 e. The fourth-order valence-electron chi connectivity index (χ4n) is 4.20. The van der Waals surface area contributed by atoms with E-state index in [9.17, 15) is 4.79 Å². The van der Waals surface area contributed by atoms with Gasteiger partial charge in [-0.3, -0.25) is 9.48 Å². The molecule has 2 heterocycles. The van der Waals surface area contributed by atoms with Crippen LogP contribution in [0.4, 0.5) is 0 Å². The molecule has 1 saturated heterocycles. The van der Waals surface area contributed by atoms with Crippen LogP contribution in [0, 0.1) is 5.92 Å². The Kier molecular flexibility index (Phi) is 6.97. The van der Waals surface area contributed by atoms with Crippen molar-refractivity contribution >= 4 is 18.3 Å². The fourth-order valence-corrected chi connectivity index (χ4v) is 4.20. The summed E-state index contributed by atoms with van der Waals surface area (Å²) in [5.74, 6) is 1.09. The molecule has 2 aliphatic rings. The second-order valence-corrected chi connectivity index (χ2v) is 7.67. The van der Waals surface area contributed by atoms with Gasteiger partial charge in [-0.05, 0) is 37.3 Å². The van der Waals surface area contributed by atoms with Crippen LogP contribution in [0.2, 0.25) is 0 Å². The van der Waals surface area contributed by atoms with Gasteiger partial charge in [-0.1, -0.05) is 18.2 Å². The predicted octanol–water partition coefficient (Wildman–Crippen LogP) is 2.78. The van der Waals surface area contributed by atoms with Crippen LogP contribution in [0.5, 0.6) is 5.75 Å². The van der Waals surface area contributed by atoms with Crippen molar-refractivity contribution < 1.29 is 9.53 Å². The van der Waals surface area contributed by atoms with Gasteiger partial charge < -0.3 is 15.4 Å². The maximum atomic E-state index is 12.8. The monoisotopic (exact) mass is 404 g/mol. The number of para-hydroxylation sites is 1. The smallest absolute Gasteiger partial charge is 0.225 e. The van der Waals surface area contributed by atoms with Crippen LogP contribution in [0.25, 0.3) is 0 Å². The molecule has 1 aromatic carbocycles. The predicted molar refractivity (Wildman–Crippen MR) is 111 cm³/mol. The summed E-state index contributed by atoms with van der Waals surface area (Å²) in [6.45, 7) is 2.01. The van der Waals surface area contributed by atoms with Crippen LogP contribution in [0.15, 0.2) is 36.7 Å². The number of hydrogen-bond donors (Lipinski definition) is 2. The summed E-state index contributed by atoms with van der Waals surface area (Å²) in [5, 5.41) is 10.7. The standard InChI is InChI=1S/C21H28N4O2.ClH/c1-25-14-16(11-24-25)18-12-22-13-19(18)21(26)23-10-15-6-2-5-9-20(15)27-17-7-3-4-8-17;/h2,5-6,9,11,14,17-19,22H,3-4,7-8,10,12-13H2,1H3,(H,23,26);1H/t18-,19+;/m1./s1. The van der Waals surface area contributed by atoms with E-state index in [1.54, 1.807) is 4.68 Å². The largest absolute Gasteiger partial charge is 0.490 e. The van der Waals surface area contributed by atoms with Gasteiger partial charge in [0.25, 0.3) is 0 Å². The molecule has 4 rings (SSSR count). The lowest BCUT2D eigenvalue weighted by atomic mass is 9.90. The van der Waals surface area contributed by atoms with E-state index in [1.165, 1.54) is 12.8 Å². The highest BCUT2D eigenvalue weighted by molar-refractivity contribution is 5.85. The molecule has 0 spiro atoms. The molecule has 0 radical (unpaired) electrons. The minimum atomic E-state index is -0.0721. The lowest BCUT2D eigenvalue weighted by Crippen LogP contribution is -2.34. The maximum Gasteiger partial charge on any atom is 0.225 e. The van der Waals surface area contributed by atoms with Gasteiger partial charge in [0.15, 0.2) is 0 Å². The molecule has 1 aromatic heterocycles. The minimum absolute atomic E-state index is 0. The van der Waals surface area contributed by atoms with Crippen molar-refractivity contribution in [2.45, 2.75) is 44.2 Å². The second kappa shape index (κ2) is 9.43. The first-order chi connectivity index (χ1) is 13.2. The molecule has 2 N–H and O–H groups in total. The number of ether oxygens (including phenoxy) is 1. The Balaban J connectivity index is 0.00000225. The van der Waals surface area contributed by atoms with Crippen molar-refractivity contribution in [1.29, 1.82) is 0 Å². The topological polar surface area (TPSA) is 68.2 Å². The number of carbonyl (C=O) groups excluding carboxylic acids is 1. The molecule has 152 valence electrons. The van der Waals surface area contributed by atoms with E-state index in [-0.39, 0.29) is 30.2 Å². The molecule has 0 bridgehead atoms. The Morgan fingerprint density at radius 3 is 2.82 bits per heavy atom. The van der Waals surface area contributed by atoms with Crippen molar-refractivity contribution in [3.8, 4) is 5.75 Å². The van der Waals surface area contributed by atoms with E-state index in [0.29, 0.717) is 19.2 Å². The van der Waals surface area contributed by atoms with Crippen molar-refractivity contribution in [3.63, 3.8) is 0 Å². The number of aryl methyl sites for hydroxylation is 1. The first-order valence-corrected chi connectivity index (χ1v) is 9.92. The molecule has 1 saturated carbocycles. The van der Waals surface area contributed by atoms with Crippen LogP contribution in [-0.2, 0) is 18.4 Å². The number of amides is 1. The number of hydrogen-bond acceptors (Lipinski definition) is 4. The molecule has 2 fully saturated rings. The zero-order valence-electron chi connectivity index (χ0n) is 16.3. The first-order valence-electron chi connectivity index (χ1n) is 9.92.